The van der Waals surface area contributed by atoms with Crippen LogP contribution in [-0.4, -0.2) is 71.3 Å². The van der Waals surface area contributed by atoms with Crippen molar-refractivity contribution >= 4 is 29.0 Å². The second-order valence-corrected chi connectivity index (χ2v) is 8.29. The van der Waals surface area contributed by atoms with E-state index in [2.05, 4.69) is 26.1 Å². The second-order valence-electron chi connectivity index (χ2n) is 8.29. The largest absolute Gasteiger partial charge is 0.495 e. The van der Waals surface area contributed by atoms with Crippen molar-refractivity contribution in [3.63, 3.8) is 0 Å². The number of hydrogen-bond acceptors (Lipinski definition) is 11. The summed E-state index contributed by atoms with van der Waals surface area (Å²) in [5.41, 5.74) is 10.7. The van der Waals surface area contributed by atoms with Gasteiger partial charge in [0.2, 0.25) is 5.95 Å². The number of anilines is 4. The number of amides is 1. The lowest BCUT2D eigenvalue weighted by Crippen LogP contribution is -2.67. The van der Waals surface area contributed by atoms with Crippen molar-refractivity contribution in [2.24, 2.45) is 5.73 Å². The summed E-state index contributed by atoms with van der Waals surface area (Å²) >= 11 is 0. The first-order valence-corrected chi connectivity index (χ1v) is 11.2. The van der Waals surface area contributed by atoms with Crippen LogP contribution in [0.1, 0.15) is 37.6 Å². The van der Waals surface area contributed by atoms with Crippen molar-refractivity contribution in [2.45, 2.75) is 45.2 Å². The molecule has 186 valence electrons. The van der Waals surface area contributed by atoms with Crippen LogP contribution in [-0.2, 0) is 0 Å². The van der Waals surface area contributed by atoms with Gasteiger partial charge in [-0.15, -0.1) is 0 Å². The van der Waals surface area contributed by atoms with Gasteiger partial charge in [-0.25, -0.2) is 10.4 Å². The van der Waals surface area contributed by atoms with Gasteiger partial charge in [0.05, 0.1) is 19.0 Å². The third kappa shape index (κ3) is 4.71. The van der Waals surface area contributed by atoms with Gasteiger partial charge in [0.25, 0.3) is 5.91 Å². The Labute approximate surface area is 199 Å². The van der Waals surface area contributed by atoms with Gasteiger partial charge in [0, 0.05) is 31.7 Å². The number of nitrogens with zero attached hydrogens (tertiary/aromatic N) is 4. The minimum Gasteiger partial charge on any atom is -0.495 e. The lowest BCUT2D eigenvalue weighted by atomic mass is 10.00. The van der Waals surface area contributed by atoms with E-state index < -0.39 is 12.0 Å². The number of hydrazine groups is 1. The molecule has 3 rings (SSSR count). The average Bonchev–Trinajstić information content (AvgIpc) is 2.82. The number of carbonyl (C=O) groups excluding carboxylic acids is 1. The van der Waals surface area contributed by atoms with E-state index in [1.54, 1.807) is 41.2 Å². The maximum atomic E-state index is 12.3. The van der Waals surface area contributed by atoms with Crippen LogP contribution in [0.4, 0.5) is 23.1 Å². The molecule has 0 aliphatic carbocycles. The predicted octanol–water partition coefficient (Wildman–Crippen LogP) is 0.504. The summed E-state index contributed by atoms with van der Waals surface area (Å²) in [6, 6.07) is 4.79. The van der Waals surface area contributed by atoms with Crippen molar-refractivity contribution in [3.8, 4) is 5.75 Å². The molecule has 1 aromatic heterocycles. The molecule has 2 heterocycles. The van der Waals surface area contributed by atoms with E-state index in [0.717, 1.165) is 0 Å². The van der Waals surface area contributed by atoms with Crippen molar-refractivity contribution < 1.29 is 19.7 Å². The Kier molecular flexibility index (Phi) is 7.77. The van der Waals surface area contributed by atoms with Crippen molar-refractivity contribution in [1.82, 2.24) is 20.8 Å². The number of aromatic nitrogens is 2. The topological polar surface area (TPSA) is 161 Å². The van der Waals surface area contributed by atoms with Gasteiger partial charge in [-0.1, -0.05) is 6.92 Å². The molecule has 2 unspecified atom stereocenters. The van der Waals surface area contributed by atoms with Gasteiger partial charge in [0.15, 0.2) is 17.8 Å². The van der Waals surface area contributed by atoms with E-state index in [0.29, 0.717) is 48.0 Å². The third-order valence-electron chi connectivity index (χ3n) is 5.77. The molecule has 0 saturated carbocycles. The average molecular weight is 475 g/mol. The van der Waals surface area contributed by atoms with Crippen LogP contribution in [0.25, 0.3) is 0 Å². The first-order chi connectivity index (χ1) is 16.2. The summed E-state index contributed by atoms with van der Waals surface area (Å²) in [7, 11) is 3.19. The van der Waals surface area contributed by atoms with Crippen molar-refractivity contribution in [3.05, 3.63) is 30.0 Å². The van der Waals surface area contributed by atoms with Gasteiger partial charge >= 0.3 is 0 Å². The number of benzene rings is 1. The van der Waals surface area contributed by atoms with Crippen LogP contribution < -0.4 is 36.4 Å². The molecule has 2 aromatic rings. The third-order valence-corrected chi connectivity index (χ3v) is 5.77. The summed E-state index contributed by atoms with van der Waals surface area (Å²) in [6.07, 6.45) is 0.740. The highest BCUT2D eigenvalue weighted by Gasteiger charge is 2.49. The van der Waals surface area contributed by atoms with Gasteiger partial charge in [-0.05, 0) is 38.5 Å². The van der Waals surface area contributed by atoms with E-state index in [-0.39, 0.29) is 17.9 Å². The number of ether oxygens (including phenoxy) is 1. The number of hydrogen-bond donors (Lipinski definition) is 6. The minimum atomic E-state index is -1.52. The first-order valence-electron chi connectivity index (χ1n) is 11.2. The highest BCUT2D eigenvalue weighted by molar-refractivity contribution is 5.95. The standard InChI is InChI=1S/C22H34N8O4/c1-6-22(33)20(32)29(4)16-12-24-21(27-18(16)30(22)13(2)3)26-15-8-7-14(11-17(15)34-5)19(31)28-25-10-9-23/h7-8,11-13,20,25,32-33H,6,9-10,23H2,1-5H3,(H,28,31)(H,24,26,27). The summed E-state index contributed by atoms with van der Waals surface area (Å²) in [5.74, 6) is 0.862. The SMILES string of the molecule is CCC1(O)C(O)N(C)c2cnc(Nc3ccc(C(=O)NNCCN)cc3OC)nc2N1C(C)C. The lowest BCUT2D eigenvalue weighted by Gasteiger charge is -2.52. The fourth-order valence-corrected chi connectivity index (χ4v) is 3.99. The number of nitrogens with one attached hydrogen (secondary N) is 3. The van der Waals surface area contributed by atoms with Crippen molar-refractivity contribution in [1.29, 1.82) is 0 Å². The van der Waals surface area contributed by atoms with E-state index in [9.17, 15) is 15.0 Å². The van der Waals surface area contributed by atoms with Gasteiger partial charge in [-0.3, -0.25) is 10.2 Å². The van der Waals surface area contributed by atoms with Crippen LogP contribution in [0.15, 0.2) is 24.4 Å². The Balaban J connectivity index is 1.92. The molecule has 1 aliphatic heterocycles. The maximum Gasteiger partial charge on any atom is 0.265 e. The van der Waals surface area contributed by atoms with Gasteiger partial charge in [-0.2, -0.15) is 4.98 Å². The number of methoxy groups -OCH3 is 1. The molecule has 12 nitrogen and oxygen atoms in total. The molecule has 0 bridgehead atoms. The van der Waals surface area contributed by atoms with Gasteiger partial charge < -0.3 is 35.8 Å². The number of aliphatic hydroxyl groups is 2. The molecule has 34 heavy (non-hydrogen) atoms. The Bertz CT molecular complexity index is 1020. The summed E-state index contributed by atoms with van der Waals surface area (Å²) < 4.78 is 5.46. The summed E-state index contributed by atoms with van der Waals surface area (Å²) in [4.78, 5) is 24.6. The van der Waals surface area contributed by atoms with Crippen LogP contribution in [0.5, 0.6) is 5.75 Å². The maximum absolute atomic E-state index is 12.3. The van der Waals surface area contributed by atoms with Crippen molar-refractivity contribution in [2.75, 3.05) is 42.4 Å². The monoisotopic (exact) mass is 474 g/mol. The number of aliphatic hydroxyl groups excluding tert-OH is 1. The molecule has 7 N–H and O–H groups in total. The molecular weight excluding hydrogens is 440 g/mol. The molecule has 1 aliphatic rings. The smallest absolute Gasteiger partial charge is 0.265 e. The quantitative estimate of drug-likeness (QED) is 0.222. The molecular formula is C22H34N8O4. The zero-order valence-electron chi connectivity index (χ0n) is 20.2. The molecule has 1 amide bonds. The first kappa shape index (κ1) is 25.4. The number of fused-ring (bicyclic) bond motifs is 1. The Morgan fingerprint density at radius 1 is 1.38 bits per heavy atom. The van der Waals surface area contributed by atoms with Crippen LogP contribution >= 0.6 is 0 Å². The Morgan fingerprint density at radius 3 is 2.74 bits per heavy atom. The number of carbonyl (C=O) groups is 1. The molecule has 2 atom stereocenters. The molecule has 1 aromatic carbocycles. The number of rotatable bonds is 9. The van der Waals surface area contributed by atoms with E-state index in [1.165, 1.54) is 7.11 Å². The highest BCUT2D eigenvalue weighted by Crippen LogP contribution is 2.42. The Hall–Kier alpha value is -3.19. The lowest BCUT2D eigenvalue weighted by molar-refractivity contribution is -0.0856. The van der Waals surface area contributed by atoms with Crippen LogP contribution in [0.3, 0.4) is 0 Å². The number of nitrogens with two attached hydrogens (primary N) is 1. The fourth-order valence-electron chi connectivity index (χ4n) is 3.99. The zero-order chi connectivity index (χ0) is 25.0. The fraction of sp³-hybridized carbons (Fsp3) is 0.500. The normalized spacial score (nSPS) is 19.7. The van der Waals surface area contributed by atoms with E-state index in [1.807, 2.05) is 20.8 Å². The zero-order valence-corrected chi connectivity index (χ0v) is 20.2. The van der Waals surface area contributed by atoms with Crippen LogP contribution in [0.2, 0.25) is 0 Å². The highest BCUT2D eigenvalue weighted by atomic mass is 16.5. The Morgan fingerprint density at radius 2 is 2.12 bits per heavy atom. The minimum absolute atomic E-state index is 0.144. The predicted molar refractivity (Wildman–Crippen MR) is 130 cm³/mol. The van der Waals surface area contributed by atoms with Crippen LogP contribution in [0, 0.1) is 0 Å². The van der Waals surface area contributed by atoms with Gasteiger partial charge in [0.1, 0.15) is 11.4 Å². The molecule has 0 radical (unpaired) electrons. The number of likely N-dealkylation sites (N-methyl/N-ethyl adjacent to an activating group) is 1. The molecule has 0 saturated heterocycles. The summed E-state index contributed by atoms with van der Waals surface area (Å²) in [5, 5.41) is 25.2. The second kappa shape index (κ2) is 10.4. The molecule has 0 fully saturated rings. The van der Waals surface area contributed by atoms with E-state index in [4.69, 9.17) is 10.5 Å². The van der Waals surface area contributed by atoms with E-state index >= 15 is 0 Å². The molecule has 0 spiro atoms. The summed E-state index contributed by atoms with van der Waals surface area (Å²) in [6.45, 7) is 6.50. The molecule has 12 heteroatoms.